The van der Waals surface area contributed by atoms with Crippen molar-refractivity contribution < 1.29 is 19.1 Å². The number of para-hydroxylation sites is 1. The Kier molecular flexibility index (Phi) is 7.88. The predicted molar refractivity (Wildman–Crippen MR) is 132 cm³/mol. The normalized spacial score (nSPS) is 19.8. The summed E-state index contributed by atoms with van der Waals surface area (Å²) in [5.74, 6) is 0.696. The zero-order valence-electron chi connectivity index (χ0n) is 20.4. The van der Waals surface area contributed by atoms with E-state index in [4.69, 9.17) is 9.47 Å². The Balaban J connectivity index is 1.50. The molecule has 2 amide bonds. The summed E-state index contributed by atoms with van der Waals surface area (Å²) < 4.78 is 12.2. The molecule has 1 spiro atoms. The monoisotopic (exact) mass is 464 g/mol. The first-order valence-electron chi connectivity index (χ1n) is 12.4. The van der Waals surface area contributed by atoms with Crippen molar-refractivity contribution in [2.75, 3.05) is 46.5 Å². The van der Waals surface area contributed by atoms with Crippen molar-refractivity contribution in [2.45, 2.75) is 39.0 Å². The Morgan fingerprint density at radius 1 is 0.912 bits per heavy atom. The van der Waals surface area contributed by atoms with E-state index in [1.807, 2.05) is 60.4 Å². The van der Waals surface area contributed by atoms with E-state index in [0.717, 1.165) is 56.3 Å². The van der Waals surface area contributed by atoms with Crippen LogP contribution in [0.1, 0.15) is 58.4 Å². The lowest BCUT2D eigenvalue weighted by Gasteiger charge is -2.42. The summed E-state index contributed by atoms with van der Waals surface area (Å²) in [7, 11) is 1.80. The van der Waals surface area contributed by atoms with Gasteiger partial charge in [0.2, 0.25) is 0 Å². The molecule has 0 aromatic heterocycles. The third-order valence-electron chi connectivity index (χ3n) is 7.30. The zero-order chi connectivity index (χ0) is 24.0. The quantitative estimate of drug-likeness (QED) is 0.620. The second-order valence-electron chi connectivity index (χ2n) is 9.69. The van der Waals surface area contributed by atoms with Gasteiger partial charge in [-0.3, -0.25) is 9.59 Å². The molecular weight excluding hydrogens is 428 g/mol. The number of amides is 2. The number of hydrogen-bond acceptors (Lipinski definition) is 4. The van der Waals surface area contributed by atoms with Gasteiger partial charge in [0, 0.05) is 44.3 Å². The number of hydrogen-bond donors (Lipinski definition) is 0. The number of rotatable bonds is 1. The minimum absolute atomic E-state index is 0.0192. The summed E-state index contributed by atoms with van der Waals surface area (Å²) in [6, 6.07) is 15.3. The van der Waals surface area contributed by atoms with Crippen LogP contribution in [-0.2, 0) is 4.74 Å². The van der Waals surface area contributed by atoms with Gasteiger partial charge in [0.1, 0.15) is 5.75 Å². The Morgan fingerprint density at radius 3 is 2.44 bits per heavy atom. The standard InChI is InChI=1S/C28H36N2O4/c1-22-9-3-4-10-23(22)27(32)30-16-14-28(15-17-30)13-7-8-19-33-20-18-29(2)26(31)24-11-5-6-12-25(24)34-21-28/h3-6,9-12H,7-8,13-21H2,1-2H3. The summed E-state index contributed by atoms with van der Waals surface area (Å²) >= 11 is 0. The van der Waals surface area contributed by atoms with Crippen molar-refractivity contribution in [3.05, 3.63) is 65.2 Å². The van der Waals surface area contributed by atoms with Crippen molar-refractivity contribution in [3.63, 3.8) is 0 Å². The molecule has 2 aromatic carbocycles. The SMILES string of the molecule is Cc1ccccc1C(=O)N1CCC2(CCCCOCCN(C)C(=O)c3ccccc3OC2)CC1. The number of piperidine rings is 1. The average Bonchev–Trinajstić information content (AvgIpc) is 2.86. The number of aryl methyl sites for hydroxylation is 1. The molecule has 6 nitrogen and oxygen atoms in total. The van der Waals surface area contributed by atoms with Crippen LogP contribution >= 0.6 is 0 Å². The highest BCUT2D eigenvalue weighted by Crippen LogP contribution is 2.38. The van der Waals surface area contributed by atoms with Gasteiger partial charge in [-0.15, -0.1) is 0 Å². The number of carbonyl (C=O) groups excluding carboxylic acids is 2. The zero-order valence-corrected chi connectivity index (χ0v) is 20.4. The molecule has 182 valence electrons. The second kappa shape index (κ2) is 11.0. The molecule has 2 heterocycles. The summed E-state index contributed by atoms with van der Waals surface area (Å²) in [6.45, 7) is 5.77. The fourth-order valence-corrected chi connectivity index (χ4v) is 4.95. The minimum Gasteiger partial charge on any atom is -0.492 e. The van der Waals surface area contributed by atoms with Crippen LogP contribution in [0.15, 0.2) is 48.5 Å². The maximum absolute atomic E-state index is 13.1. The Hall–Kier alpha value is -2.86. The third kappa shape index (κ3) is 5.61. The first kappa shape index (κ1) is 24.3. The molecule has 0 N–H and O–H groups in total. The van der Waals surface area contributed by atoms with Crippen molar-refractivity contribution in [1.82, 2.24) is 9.80 Å². The molecule has 6 heteroatoms. The number of likely N-dealkylation sites (tertiary alicyclic amines) is 1. The van der Waals surface area contributed by atoms with Gasteiger partial charge in [0.05, 0.1) is 18.8 Å². The topological polar surface area (TPSA) is 59.1 Å². The smallest absolute Gasteiger partial charge is 0.257 e. The largest absolute Gasteiger partial charge is 0.492 e. The lowest BCUT2D eigenvalue weighted by molar-refractivity contribution is 0.0328. The van der Waals surface area contributed by atoms with E-state index < -0.39 is 0 Å². The third-order valence-corrected chi connectivity index (χ3v) is 7.30. The Labute approximate surface area is 202 Å². The van der Waals surface area contributed by atoms with E-state index in [0.29, 0.717) is 37.7 Å². The number of benzene rings is 2. The van der Waals surface area contributed by atoms with Crippen LogP contribution in [-0.4, -0.2) is 68.1 Å². The molecule has 0 atom stereocenters. The lowest BCUT2D eigenvalue weighted by atomic mass is 9.75. The number of carbonyl (C=O) groups is 2. The van der Waals surface area contributed by atoms with Crippen molar-refractivity contribution in [3.8, 4) is 5.75 Å². The van der Waals surface area contributed by atoms with Gasteiger partial charge in [-0.2, -0.15) is 0 Å². The number of fused-ring (bicyclic) bond motifs is 1. The highest BCUT2D eigenvalue weighted by atomic mass is 16.5. The highest BCUT2D eigenvalue weighted by Gasteiger charge is 2.37. The van der Waals surface area contributed by atoms with Crippen molar-refractivity contribution in [1.29, 1.82) is 0 Å². The van der Waals surface area contributed by atoms with Crippen molar-refractivity contribution >= 4 is 11.8 Å². The summed E-state index contributed by atoms with van der Waals surface area (Å²) in [5.41, 5.74) is 2.37. The molecule has 0 unspecified atom stereocenters. The molecule has 2 aliphatic rings. The first-order chi connectivity index (χ1) is 16.5. The Bertz CT molecular complexity index is 997. The molecule has 1 fully saturated rings. The highest BCUT2D eigenvalue weighted by molar-refractivity contribution is 5.97. The summed E-state index contributed by atoms with van der Waals surface area (Å²) in [6.07, 6.45) is 4.86. The van der Waals surface area contributed by atoms with E-state index in [1.165, 1.54) is 0 Å². The summed E-state index contributed by atoms with van der Waals surface area (Å²) in [5, 5.41) is 0. The second-order valence-corrected chi connectivity index (χ2v) is 9.69. The van der Waals surface area contributed by atoms with Gasteiger partial charge in [-0.1, -0.05) is 36.8 Å². The molecule has 2 aliphatic heterocycles. The number of nitrogens with zero attached hydrogens (tertiary/aromatic N) is 2. The van der Waals surface area contributed by atoms with E-state index in [-0.39, 0.29) is 17.2 Å². The minimum atomic E-state index is -0.0519. The van der Waals surface area contributed by atoms with E-state index in [2.05, 4.69) is 0 Å². The summed E-state index contributed by atoms with van der Waals surface area (Å²) in [4.78, 5) is 29.8. The lowest BCUT2D eigenvalue weighted by Crippen LogP contribution is -2.45. The Morgan fingerprint density at radius 2 is 1.65 bits per heavy atom. The number of likely N-dealkylation sites (N-methyl/N-ethyl adjacent to an activating group) is 1. The molecule has 4 rings (SSSR count). The van der Waals surface area contributed by atoms with Crippen LogP contribution in [0.4, 0.5) is 0 Å². The van der Waals surface area contributed by atoms with Crippen LogP contribution < -0.4 is 4.74 Å². The van der Waals surface area contributed by atoms with E-state index >= 15 is 0 Å². The van der Waals surface area contributed by atoms with Crippen LogP contribution in [0, 0.1) is 12.3 Å². The first-order valence-corrected chi connectivity index (χ1v) is 12.4. The average molecular weight is 465 g/mol. The van der Waals surface area contributed by atoms with Crippen LogP contribution in [0.3, 0.4) is 0 Å². The van der Waals surface area contributed by atoms with Crippen LogP contribution in [0.5, 0.6) is 5.75 Å². The maximum atomic E-state index is 13.1. The van der Waals surface area contributed by atoms with Gasteiger partial charge in [-0.25, -0.2) is 0 Å². The molecule has 0 bridgehead atoms. The molecule has 2 aromatic rings. The van der Waals surface area contributed by atoms with Gasteiger partial charge in [-0.05, 0) is 56.4 Å². The van der Waals surface area contributed by atoms with Gasteiger partial charge < -0.3 is 19.3 Å². The molecular formula is C28H36N2O4. The predicted octanol–water partition coefficient (Wildman–Crippen LogP) is 4.57. The van der Waals surface area contributed by atoms with Crippen LogP contribution in [0.25, 0.3) is 0 Å². The van der Waals surface area contributed by atoms with Gasteiger partial charge in [0.15, 0.2) is 0 Å². The number of ether oxygens (including phenoxy) is 2. The van der Waals surface area contributed by atoms with Gasteiger partial charge >= 0.3 is 0 Å². The molecule has 0 aliphatic carbocycles. The fraction of sp³-hybridized carbons (Fsp3) is 0.500. The van der Waals surface area contributed by atoms with E-state index in [1.54, 1.807) is 11.9 Å². The van der Waals surface area contributed by atoms with Crippen molar-refractivity contribution in [2.24, 2.45) is 5.41 Å². The van der Waals surface area contributed by atoms with Gasteiger partial charge in [0.25, 0.3) is 11.8 Å². The molecule has 1 saturated heterocycles. The van der Waals surface area contributed by atoms with Crippen LogP contribution in [0.2, 0.25) is 0 Å². The maximum Gasteiger partial charge on any atom is 0.257 e. The molecule has 34 heavy (non-hydrogen) atoms. The van der Waals surface area contributed by atoms with E-state index in [9.17, 15) is 9.59 Å². The molecule has 0 saturated carbocycles. The fourth-order valence-electron chi connectivity index (χ4n) is 4.95. The molecule has 0 radical (unpaired) electrons.